The summed E-state index contributed by atoms with van der Waals surface area (Å²) in [5.41, 5.74) is 2.67. The van der Waals surface area contributed by atoms with Crippen molar-refractivity contribution in [2.45, 2.75) is 52.7 Å². The number of nitrogens with zero attached hydrogens (tertiary/aromatic N) is 3. The number of rotatable bonds is 7. The molecule has 1 aliphatic heterocycles. The smallest absolute Gasteiger partial charge is 0.0598 e. The lowest BCUT2D eigenvalue weighted by Gasteiger charge is -2.27. The van der Waals surface area contributed by atoms with Gasteiger partial charge in [0, 0.05) is 37.9 Å². The van der Waals surface area contributed by atoms with Gasteiger partial charge in [-0.15, -0.1) is 0 Å². The fourth-order valence-corrected chi connectivity index (χ4v) is 3.16. The summed E-state index contributed by atoms with van der Waals surface area (Å²) in [4.78, 5) is 9.42. The highest BCUT2D eigenvalue weighted by Crippen LogP contribution is 2.25. The third kappa shape index (κ3) is 4.17. The molecule has 1 N–H and O–H groups in total. The maximum absolute atomic E-state index is 4.34. The van der Waals surface area contributed by atoms with E-state index < -0.39 is 0 Å². The Hall–Kier alpha value is -1.13. The summed E-state index contributed by atoms with van der Waals surface area (Å²) >= 11 is 0. The van der Waals surface area contributed by atoms with Gasteiger partial charge in [-0.25, -0.2) is 0 Å². The van der Waals surface area contributed by atoms with Gasteiger partial charge < -0.3 is 10.2 Å². The van der Waals surface area contributed by atoms with Gasteiger partial charge in [-0.1, -0.05) is 27.7 Å². The predicted molar refractivity (Wildman–Crippen MR) is 89.8 cm³/mol. The fourth-order valence-electron chi connectivity index (χ4n) is 3.16. The van der Waals surface area contributed by atoms with Crippen LogP contribution in [0.5, 0.6) is 0 Å². The van der Waals surface area contributed by atoms with Gasteiger partial charge in [0.25, 0.3) is 0 Å². The standard InChI is InChI=1S/C17H30N4/c1-5-20(6-2)16-8-10-21(13-16)17-12-18-9-7-15(17)11-19-14(3)4/h7,9,12,14,16,19H,5-6,8,10-11,13H2,1-4H3. The van der Waals surface area contributed by atoms with Crippen molar-refractivity contribution in [2.24, 2.45) is 0 Å². The number of hydrogen-bond acceptors (Lipinski definition) is 4. The molecule has 0 amide bonds. The number of hydrogen-bond donors (Lipinski definition) is 1. The quantitative estimate of drug-likeness (QED) is 0.836. The largest absolute Gasteiger partial charge is 0.368 e. The Morgan fingerprint density at radius 2 is 2.14 bits per heavy atom. The van der Waals surface area contributed by atoms with Gasteiger partial charge in [0.1, 0.15) is 0 Å². The minimum absolute atomic E-state index is 0.507. The highest BCUT2D eigenvalue weighted by Gasteiger charge is 2.27. The third-order valence-corrected chi connectivity index (χ3v) is 4.42. The average molecular weight is 290 g/mol. The zero-order chi connectivity index (χ0) is 15.2. The Labute approximate surface area is 129 Å². The van der Waals surface area contributed by atoms with E-state index in [0.717, 1.165) is 32.7 Å². The van der Waals surface area contributed by atoms with Gasteiger partial charge in [-0.3, -0.25) is 9.88 Å². The summed E-state index contributed by atoms with van der Waals surface area (Å²) in [7, 11) is 0. The van der Waals surface area contributed by atoms with Gasteiger partial charge >= 0.3 is 0 Å². The molecule has 0 aromatic carbocycles. The number of anilines is 1. The van der Waals surface area contributed by atoms with E-state index in [2.05, 4.69) is 53.9 Å². The summed E-state index contributed by atoms with van der Waals surface area (Å²) < 4.78 is 0. The lowest BCUT2D eigenvalue weighted by atomic mass is 10.2. The van der Waals surface area contributed by atoms with E-state index in [9.17, 15) is 0 Å². The summed E-state index contributed by atoms with van der Waals surface area (Å²) in [5, 5.41) is 3.52. The van der Waals surface area contributed by atoms with Crippen molar-refractivity contribution in [3.05, 3.63) is 24.0 Å². The van der Waals surface area contributed by atoms with Crippen molar-refractivity contribution in [1.82, 2.24) is 15.2 Å². The summed E-state index contributed by atoms with van der Waals surface area (Å²) in [5.74, 6) is 0. The third-order valence-electron chi connectivity index (χ3n) is 4.42. The molecule has 21 heavy (non-hydrogen) atoms. The first-order valence-electron chi connectivity index (χ1n) is 8.30. The van der Waals surface area contributed by atoms with Crippen LogP contribution in [0.1, 0.15) is 39.7 Å². The second-order valence-corrected chi connectivity index (χ2v) is 6.15. The minimum Gasteiger partial charge on any atom is -0.368 e. The molecule has 1 aliphatic rings. The lowest BCUT2D eigenvalue weighted by molar-refractivity contribution is 0.232. The van der Waals surface area contributed by atoms with Crippen molar-refractivity contribution in [3.8, 4) is 0 Å². The van der Waals surface area contributed by atoms with Crippen LogP contribution < -0.4 is 10.2 Å². The second-order valence-electron chi connectivity index (χ2n) is 6.15. The molecule has 1 saturated heterocycles. The summed E-state index contributed by atoms with van der Waals surface area (Å²) in [6.45, 7) is 14.4. The first kappa shape index (κ1) is 16.2. The van der Waals surface area contributed by atoms with Crippen LogP contribution in [0.3, 0.4) is 0 Å². The van der Waals surface area contributed by atoms with Gasteiger partial charge in [-0.2, -0.15) is 0 Å². The molecule has 0 aliphatic carbocycles. The van der Waals surface area contributed by atoms with Gasteiger partial charge in [0.2, 0.25) is 0 Å². The highest BCUT2D eigenvalue weighted by molar-refractivity contribution is 5.52. The van der Waals surface area contributed by atoms with Crippen LogP contribution in [-0.4, -0.2) is 48.1 Å². The van der Waals surface area contributed by atoms with Gasteiger partial charge in [0.05, 0.1) is 11.9 Å². The van der Waals surface area contributed by atoms with E-state index in [-0.39, 0.29) is 0 Å². The zero-order valence-electron chi connectivity index (χ0n) is 14.0. The Kier molecular flexibility index (Phi) is 6.00. The van der Waals surface area contributed by atoms with E-state index >= 15 is 0 Å². The van der Waals surface area contributed by atoms with Crippen molar-refractivity contribution >= 4 is 5.69 Å². The minimum atomic E-state index is 0.507. The van der Waals surface area contributed by atoms with Crippen LogP contribution in [0.2, 0.25) is 0 Å². The van der Waals surface area contributed by atoms with Crippen LogP contribution in [0.25, 0.3) is 0 Å². The molecular weight excluding hydrogens is 260 g/mol. The average Bonchev–Trinajstić information content (AvgIpc) is 2.96. The molecule has 0 radical (unpaired) electrons. The van der Waals surface area contributed by atoms with E-state index in [1.807, 2.05) is 12.4 Å². The molecule has 1 atom stereocenters. The van der Waals surface area contributed by atoms with Crippen LogP contribution in [0.15, 0.2) is 18.5 Å². The molecule has 1 aromatic rings. The van der Waals surface area contributed by atoms with E-state index in [1.54, 1.807) is 0 Å². The summed E-state index contributed by atoms with van der Waals surface area (Å²) in [6.07, 6.45) is 5.19. The van der Waals surface area contributed by atoms with E-state index in [1.165, 1.54) is 17.7 Å². The molecular formula is C17H30N4. The van der Waals surface area contributed by atoms with Crippen LogP contribution >= 0.6 is 0 Å². The van der Waals surface area contributed by atoms with Crippen molar-refractivity contribution < 1.29 is 0 Å². The molecule has 1 aromatic heterocycles. The van der Waals surface area contributed by atoms with Crippen LogP contribution in [-0.2, 0) is 6.54 Å². The van der Waals surface area contributed by atoms with E-state index in [4.69, 9.17) is 0 Å². The van der Waals surface area contributed by atoms with E-state index in [0.29, 0.717) is 12.1 Å². The van der Waals surface area contributed by atoms with Crippen molar-refractivity contribution in [1.29, 1.82) is 0 Å². The fraction of sp³-hybridized carbons (Fsp3) is 0.706. The highest BCUT2D eigenvalue weighted by atomic mass is 15.3. The molecule has 2 rings (SSSR count). The number of likely N-dealkylation sites (N-methyl/N-ethyl adjacent to an activating group) is 1. The normalized spacial score (nSPS) is 19.0. The number of aromatic nitrogens is 1. The first-order valence-corrected chi connectivity index (χ1v) is 8.30. The summed E-state index contributed by atoms with van der Waals surface area (Å²) in [6, 6.07) is 3.34. The SMILES string of the molecule is CCN(CC)C1CCN(c2cnccc2CNC(C)C)C1. The maximum atomic E-state index is 4.34. The molecule has 2 heterocycles. The Balaban J connectivity index is 2.05. The first-order chi connectivity index (χ1) is 10.2. The Morgan fingerprint density at radius 1 is 1.38 bits per heavy atom. The molecule has 1 fully saturated rings. The molecule has 0 bridgehead atoms. The maximum Gasteiger partial charge on any atom is 0.0598 e. The number of pyridine rings is 1. The number of nitrogens with one attached hydrogen (secondary N) is 1. The lowest BCUT2D eigenvalue weighted by Crippen LogP contribution is -2.37. The molecule has 1 unspecified atom stereocenters. The van der Waals surface area contributed by atoms with Gasteiger partial charge in [-0.05, 0) is 31.1 Å². The molecule has 118 valence electrons. The predicted octanol–water partition coefficient (Wildman–Crippen LogP) is 2.50. The van der Waals surface area contributed by atoms with Crippen LogP contribution in [0.4, 0.5) is 5.69 Å². The Bertz CT molecular complexity index is 429. The molecule has 0 spiro atoms. The monoisotopic (exact) mass is 290 g/mol. The van der Waals surface area contributed by atoms with Gasteiger partial charge in [0.15, 0.2) is 0 Å². The zero-order valence-corrected chi connectivity index (χ0v) is 14.0. The molecule has 4 heteroatoms. The molecule has 4 nitrogen and oxygen atoms in total. The topological polar surface area (TPSA) is 31.4 Å². The van der Waals surface area contributed by atoms with Crippen molar-refractivity contribution in [2.75, 3.05) is 31.1 Å². The second kappa shape index (κ2) is 7.76. The Morgan fingerprint density at radius 3 is 2.81 bits per heavy atom. The molecule has 0 saturated carbocycles. The van der Waals surface area contributed by atoms with Crippen LogP contribution in [0, 0.1) is 0 Å². The van der Waals surface area contributed by atoms with Crippen molar-refractivity contribution in [3.63, 3.8) is 0 Å².